The first kappa shape index (κ1) is 15.1. The third kappa shape index (κ3) is 3.29. The number of hydrazine groups is 1. The molecule has 0 aliphatic carbocycles. The number of aromatic nitrogens is 2. The van der Waals surface area contributed by atoms with E-state index in [0.29, 0.717) is 16.4 Å². The number of hydrogen-bond acceptors (Lipinski definition) is 4. The van der Waals surface area contributed by atoms with Gasteiger partial charge < -0.3 is 4.98 Å². The number of rotatable bonds is 2. The van der Waals surface area contributed by atoms with E-state index in [4.69, 9.17) is 16.9 Å². The maximum atomic E-state index is 13.5. The summed E-state index contributed by atoms with van der Waals surface area (Å²) in [5.74, 6) is 8.18. The molecule has 0 fully saturated rings. The molecule has 0 bridgehead atoms. The van der Waals surface area contributed by atoms with Gasteiger partial charge in [0.05, 0.1) is 5.56 Å². The van der Waals surface area contributed by atoms with Gasteiger partial charge in [-0.25, -0.2) is 9.37 Å². The number of nitrogens with zero attached hydrogens (tertiary/aromatic N) is 2. The van der Waals surface area contributed by atoms with Crippen molar-refractivity contribution in [1.82, 2.24) is 9.97 Å². The summed E-state index contributed by atoms with van der Waals surface area (Å²) in [6.45, 7) is 1.94. The number of hydrogen-bond donors (Lipinski definition) is 3. The van der Waals surface area contributed by atoms with E-state index < -0.39 is 5.82 Å². The van der Waals surface area contributed by atoms with Crippen LogP contribution >= 0.6 is 11.6 Å². The van der Waals surface area contributed by atoms with Gasteiger partial charge in [-0.1, -0.05) is 24.6 Å². The first-order chi connectivity index (χ1) is 9.15. The van der Waals surface area contributed by atoms with Crippen molar-refractivity contribution >= 4 is 11.6 Å². The maximum Gasteiger partial charge on any atom is 0.141 e. The summed E-state index contributed by atoms with van der Waals surface area (Å²) >= 11 is 5.98. The number of nitrogens with two attached hydrogens (primary N) is 2. The largest absolute Gasteiger partial charge is 0.333 e. The molecule has 0 radical (unpaired) electrons. The number of halogens is 2. The molecule has 0 atom stereocenters. The molecular formula is C12H13ClFN5. The Kier molecular flexibility index (Phi) is 5.45. The summed E-state index contributed by atoms with van der Waals surface area (Å²) in [6, 6.07) is 6.08. The van der Waals surface area contributed by atoms with E-state index in [1.807, 2.05) is 6.92 Å². The molecule has 5 nitrogen and oxygen atoms in total. The molecule has 100 valence electrons. The molecule has 5 N–H and O–H groups in total. The van der Waals surface area contributed by atoms with E-state index in [2.05, 4.69) is 21.7 Å². The Labute approximate surface area is 115 Å². The van der Waals surface area contributed by atoms with Crippen molar-refractivity contribution < 1.29 is 4.39 Å². The van der Waals surface area contributed by atoms with Crippen molar-refractivity contribution in [2.45, 2.75) is 13.3 Å². The van der Waals surface area contributed by atoms with Crippen molar-refractivity contribution in [3.63, 3.8) is 0 Å². The van der Waals surface area contributed by atoms with Crippen LogP contribution < -0.4 is 11.7 Å². The zero-order valence-corrected chi connectivity index (χ0v) is 11.0. The van der Waals surface area contributed by atoms with E-state index >= 15 is 0 Å². The Balaban J connectivity index is 0.000000861. The van der Waals surface area contributed by atoms with Gasteiger partial charge in [0.15, 0.2) is 0 Å². The second kappa shape index (κ2) is 6.85. The predicted molar refractivity (Wildman–Crippen MR) is 71.5 cm³/mol. The SMILES string of the molecule is CCc1nc(-c2ccc(C#N)c(F)c2)c(Cl)[nH]1.NN. The van der Waals surface area contributed by atoms with Crippen LogP contribution in [0.4, 0.5) is 4.39 Å². The fourth-order valence-electron chi connectivity index (χ4n) is 1.51. The van der Waals surface area contributed by atoms with E-state index in [-0.39, 0.29) is 5.56 Å². The highest BCUT2D eigenvalue weighted by molar-refractivity contribution is 6.31. The monoisotopic (exact) mass is 281 g/mol. The molecule has 0 saturated carbocycles. The maximum absolute atomic E-state index is 13.5. The molecule has 0 unspecified atom stereocenters. The van der Waals surface area contributed by atoms with Gasteiger partial charge in [-0.15, -0.1) is 0 Å². The Bertz CT molecular complexity index is 603. The number of H-pyrrole nitrogens is 1. The average Bonchev–Trinajstić information content (AvgIpc) is 2.82. The molecule has 0 saturated heterocycles. The summed E-state index contributed by atoms with van der Waals surface area (Å²) in [7, 11) is 0. The minimum atomic E-state index is -0.567. The lowest BCUT2D eigenvalue weighted by molar-refractivity contribution is 0.624. The molecule has 0 aliphatic rings. The van der Waals surface area contributed by atoms with Crippen LogP contribution in [-0.4, -0.2) is 9.97 Å². The second-order valence-electron chi connectivity index (χ2n) is 3.51. The number of nitrogens with one attached hydrogen (secondary N) is 1. The van der Waals surface area contributed by atoms with Crippen LogP contribution in [0.2, 0.25) is 5.15 Å². The highest BCUT2D eigenvalue weighted by Crippen LogP contribution is 2.27. The molecule has 1 aromatic heterocycles. The van der Waals surface area contributed by atoms with Crippen LogP contribution in [0.1, 0.15) is 18.3 Å². The number of aryl methyl sites for hydroxylation is 1. The van der Waals surface area contributed by atoms with Crippen molar-refractivity contribution in [2.24, 2.45) is 11.7 Å². The first-order valence-electron chi connectivity index (χ1n) is 5.43. The second-order valence-corrected chi connectivity index (χ2v) is 3.88. The molecule has 1 aromatic carbocycles. The Morgan fingerprint density at radius 1 is 1.47 bits per heavy atom. The van der Waals surface area contributed by atoms with Crippen LogP contribution in [0.3, 0.4) is 0 Å². The van der Waals surface area contributed by atoms with Crippen LogP contribution in [0.5, 0.6) is 0 Å². The lowest BCUT2D eigenvalue weighted by Gasteiger charge is -1.99. The highest BCUT2D eigenvalue weighted by atomic mass is 35.5. The zero-order chi connectivity index (χ0) is 14.4. The lowest BCUT2D eigenvalue weighted by atomic mass is 10.1. The number of nitriles is 1. The molecule has 2 rings (SSSR count). The van der Waals surface area contributed by atoms with Crippen LogP contribution in [0.15, 0.2) is 18.2 Å². The Hall–Kier alpha value is -1.94. The third-order valence-corrected chi connectivity index (χ3v) is 2.68. The van der Waals surface area contributed by atoms with Crippen molar-refractivity contribution in [2.75, 3.05) is 0 Å². The van der Waals surface area contributed by atoms with Crippen molar-refractivity contribution in [3.8, 4) is 17.3 Å². The van der Waals surface area contributed by atoms with Crippen LogP contribution in [0.25, 0.3) is 11.3 Å². The minimum absolute atomic E-state index is 0.0103. The van der Waals surface area contributed by atoms with E-state index in [1.54, 1.807) is 12.1 Å². The highest BCUT2D eigenvalue weighted by Gasteiger charge is 2.11. The Morgan fingerprint density at radius 3 is 2.63 bits per heavy atom. The quantitative estimate of drug-likeness (QED) is 0.579. The van der Waals surface area contributed by atoms with E-state index in [0.717, 1.165) is 12.2 Å². The molecule has 1 heterocycles. The van der Waals surface area contributed by atoms with Gasteiger partial charge in [-0.2, -0.15) is 5.26 Å². The van der Waals surface area contributed by atoms with Gasteiger partial charge in [0.1, 0.15) is 28.6 Å². The zero-order valence-electron chi connectivity index (χ0n) is 10.2. The standard InChI is InChI=1S/C12H9ClFN3.H4N2/c1-2-10-16-11(12(13)17-10)7-3-4-8(6-15)9(14)5-7;1-2/h3-5H,2H2,1H3,(H,16,17);1-2H2. The van der Waals surface area contributed by atoms with Gasteiger partial charge in [0.2, 0.25) is 0 Å². The molecule has 19 heavy (non-hydrogen) atoms. The fourth-order valence-corrected chi connectivity index (χ4v) is 1.77. The van der Waals surface area contributed by atoms with Crippen LogP contribution in [0, 0.1) is 17.1 Å². The first-order valence-corrected chi connectivity index (χ1v) is 5.81. The molecule has 7 heteroatoms. The minimum Gasteiger partial charge on any atom is -0.333 e. The fraction of sp³-hybridized carbons (Fsp3) is 0.167. The number of aromatic amines is 1. The average molecular weight is 282 g/mol. The topological polar surface area (TPSA) is 105 Å². The van der Waals surface area contributed by atoms with E-state index in [9.17, 15) is 4.39 Å². The molecule has 0 amide bonds. The normalized spacial score (nSPS) is 9.47. The third-order valence-electron chi connectivity index (χ3n) is 2.41. The van der Waals surface area contributed by atoms with Gasteiger partial charge in [0, 0.05) is 12.0 Å². The summed E-state index contributed by atoms with van der Waals surface area (Å²) in [5, 5.41) is 9.02. The van der Waals surface area contributed by atoms with Crippen LogP contribution in [-0.2, 0) is 6.42 Å². The van der Waals surface area contributed by atoms with Gasteiger partial charge in [-0.3, -0.25) is 11.7 Å². The molecule has 0 aliphatic heterocycles. The molecule has 0 spiro atoms. The Morgan fingerprint density at radius 2 is 2.16 bits per heavy atom. The predicted octanol–water partition coefficient (Wildman–Crippen LogP) is 2.12. The van der Waals surface area contributed by atoms with Gasteiger partial charge in [-0.05, 0) is 12.1 Å². The summed E-state index contributed by atoms with van der Waals surface area (Å²) in [5.41, 5.74) is 1.07. The van der Waals surface area contributed by atoms with Crippen molar-refractivity contribution in [3.05, 3.63) is 40.6 Å². The van der Waals surface area contributed by atoms with Gasteiger partial charge in [0.25, 0.3) is 0 Å². The number of benzene rings is 1. The smallest absolute Gasteiger partial charge is 0.141 e. The van der Waals surface area contributed by atoms with Gasteiger partial charge >= 0.3 is 0 Å². The summed E-state index contributed by atoms with van der Waals surface area (Å²) < 4.78 is 13.5. The van der Waals surface area contributed by atoms with Crippen molar-refractivity contribution in [1.29, 1.82) is 5.26 Å². The molecular weight excluding hydrogens is 269 g/mol. The molecule has 2 aromatic rings. The number of imidazole rings is 1. The summed E-state index contributed by atoms with van der Waals surface area (Å²) in [6.07, 6.45) is 0.721. The summed E-state index contributed by atoms with van der Waals surface area (Å²) in [4.78, 5) is 7.17. The lowest BCUT2D eigenvalue weighted by Crippen LogP contribution is -2.02. The van der Waals surface area contributed by atoms with E-state index in [1.165, 1.54) is 12.1 Å².